The maximum atomic E-state index is 13.2. The zero-order valence-electron chi connectivity index (χ0n) is 21.0. The average molecular weight is 498 g/mol. The van der Waals surface area contributed by atoms with Gasteiger partial charge >= 0.3 is 12.0 Å². The molecule has 190 valence electrons. The molecule has 1 saturated heterocycles. The Hall–Kier alpha value is -4.13. The number of cyclic esters (lactones) is 1. The fourth-order valence-electron chi connectivity index (χ4n) is 5.07. The van der Waals surface area contributed by atoms with E-state index in [-0.39, 0.29) is 30.2 Å². The van der Waals surface area contributed by atoms with Gasteiger partial charge in [-0.25, -0.2) is 4.79 Å². The number of benzene rings is 3. The topological polar surface area (TPSA) is 87.7 Å². The van der Waals surface area contributed by atoms with E-state index in [1.807, 2.05) is 66.4 Å². The number of urea groups is 1. The molecule has 7 heteroatoms. The van der Waals surface area contributed by atoms with Crippen molar-refractivity contribution < 1.29 is 19.1 Å². The van der Waals surface area contributed by atoms with Crippen LogP contribution in [-0.2, 0) is 27.2 Å². The van der Waals surface area contributed by atoms with Crippen molar-refractivity contribution in [2.75, 3.05) is 28.7 Å². The van der Waals surface area contributed by atoms with E-state index in [0.29, 0.717) is 25.3 Å². The number of aryl methyl sites for hydroxylation is 2. The van der Waals surface area contributed by atoms with Crippen molar-refractivity contribution in [1.82, 2.24) is 0 Å². The second-order valence-electron chi connectivity index (χ2n) is 9.72. The molecule has 0 radical (unpaired) electrons. The van der Waals surface area contributed by atoms with Crippen LogP contribution in [0.1, 0.15) is 47.4 Å². The number of ether oxygens (including phenoxy) is 1. The van der Waals surface area contributed by atoms with Gasteiger partial charge in [-0.15, -0.1) is 0 Å². The van der Waals surface area contributed by atoms with Crippen LogP contribution < -0.4 is 15.5 Å². The summed E-state index contributed by atoms with van der Waals surface area (Å²) in [6.07, 6.45) is 3.37. The van der Waals surface area contributed by atoms with Crippen LogP contribution in [0, 0.1) is 6.92 Å². The average Bonchev–Trinajstić information content (AvgIpc) is 2.90. The second kappa shape index (κ2) is 10.9. The van der Waals surface area contributed by atoms with Crippen LogP contribution in [0.25, 0.3) is 0 Å². The van der Waals surface area contributed by atoms with E-state index in [2.05, 4.69) is 22.8 Å². The molecule has 1 atom stereocenters. The molecule has 1 fully saturated rings. The van der Waals surface area contributed by atoms with Crippen LogP contribution in [0.2, 0.25) is 0 Å². The molecule has 2 aliphatic rings. The van der Waals surface area contributed by atoms with Crippen molar-refractivity contribution in [2.45, 2.75) is 44.9 Å². The van der Waals surface area contributed by atoms with Crippen LogP contribution in [0.5, 0.6) is 0 Å². The monoisotopic (exact) mass is 497 g/mol. The van der Waals surface area contributed by atoms with E-state index < -0.39 is 0 Å². The molecule has 2 aliphatic heterocycles. The zero-order valence-corrected chi connectivity index (χ0v) is 21.0. The summed E-state index contributed by atoms with van der Waals surface area (Å²) in [6.45, 7) is 3.10. The molecule has 2 N–H and O–H groups in total. The Bertz CT molecular complexity index is 1320. The van der Waals surface area contributed by atoms with Crippen molar-refractivity contribution in [2.24, 2.45) is 0 Å². The van der Waals surface area contributed by atoms with Crippen molar-refractivity contribution in [1.29, 1.82) is 0 Å². The minimum Gasteiger partial charge on any atom is -0.466 e. The summed E-state index contributed by atoms with van der Waals surface area (Å²) in [5.74, 6) is 0.0930. The van der Waals surface area contributed by atoms with Gasteiger partial charge in [0.2, 0.25) is 5.91 Å². The largest absolute Gasteiger partial charge is 0.466 e. The SMILES string of the molecule is Cc1ccccc1NC(=O)Nc1ccc(CC(=O)N2CCCc3cc(C4CCOC(=O)C4)ccc32)cc1. The molecule has 3 amide bonds. The quantitative estimate of drug-likeness (QED) is 0.451. The summed E-state index contributed by atoms with van der Waals surface area (Å²) in [4.78, 5) is 39.2. The maximum Gasteiger partial charge on any atom is 0.323 e. The number of amides is 3. The van der Waals surface area contributed by atoms with Gasteiger partial charge in [-0.2, -0.15) is 0 Å². The summed E-state index contributed by atoms with van der Waals surface area (Å²) >= 11 is 0. The van der Waals surface area contributed by atoms with Gasteiger partial charge in [-0.3, -0.25) is 9.59 Å². The Morgan fingerprint density at radius 1 is 1.03 bits per heavy atom. The number of anilines is 3. The molecule has 7 nitrogen and oxygen atoms in total. The first-order valence-electron chi connectivity index (χ1n) is 12.8. The zero-order chi connectivity index (χ0) is 25.8. The molecule has 0 bridgehead atoms. The summed E-state index contributed by atoms with van der Waals surface area (Å²) < 4.78 is 5.09. The maximum absolute atomic E-state index is 13.2. The molecule has 1 unspecified atom stereocenters. The smallest absolute Gasteiger partial charge is 0.323 e. The van der Waals surface area contributed by atoms with Gasteiger partial charge in [-0.05, 0) is 78.6 Å². The first kappa shape index (κ1) is 24.6. The predicted molar refractivity (Wildman–Crippen MR) is 144 cm³/mol. The van der Waals surface area contributed by atoms with Gasteiger partial charge in [0, 0.05) is 23.6 Å². The summed E-state index contributed by atoms with van der Waals surface area (Å²) in [6, 6.07) is 20.9. The number of hydrogen-bond acceptors (Lipinski definition) is 4. The van der Waals surface area contributed by atoms with Crippen molar-refractivity contribution in [3.8, 4) is 0 Å². The number of nitrogens with one attached hydrogen (secondary N) is 2. The molecular formula is C30H31N3O4. The highest BCUT2D eigenvalue weighted by Crippen LogP contribution is 2.34. The van der Waals surface area contributed by atoms with Gasteiger partial charge in [0.15, 0.2) is 0 Å². The molecule has 0 spiro atoms. The Balaban J connectivity index is 1.21. The Kier molecular flexibility index (Phi) is 7.21. The van der Waals surface area contributed by atoms with Crippen LogP contribution in [0.4, 0.5) is 21.9 Å². The standard InChI is InChI=1S/C30H31N3O4/c1-20-5-2-3-7-26(20)32-30(36)31-25-11-8-21(9-12-25)17-28(34)33-15-4-6-24-18-22(10-13-27(24)33)23-14-16-37-29(35)19-23/h2-3,5,7-13,18,23H,4,6,14-17,19H2,1H3,(H2,31,32,36). The molecule has 0 saturated carbocycles. The van der Waals surface area contributed by atoms with E-state index in [0.717, 1.165) is 52.9 Å². The molecule has 3 aromatic rings. The predicted octanol–water partition coefficient (Wildman–Crippen LogP) is 5.58. The molecule has 0 aliphatic carbocycles. The van der Waals surface area contributed by atoms with Crippen molar-refractivity contribution >= 4 is 35.0 Å². The van der Waals surface area contributed by atoms with Gasteiger partial charge < -0.3 is 20.3 Å². The molecule has 0 aromatic heterocycles. The third kappa shape index (κ3) is 5.82. The lowest BCUT2D eigenvalue weighted by Gasteiger charge is -2.31. The highest BCUT2D eigenvalue weighted by atomic mass is 16.5. The fraction of sp³-hybridized carbons (Fsp3) is 0.300. The Labute approximate surface area is 216 Å². The minimum absolute atomic E-state index is 0.0490. The van der Waals surface area contributed by atoms with E-state index in [1.165, 1.54) is 0 Å². The number of hydrogen-bond donors (Lipinski definition) is 2. The lowest BCUT2D eigenvalue weighted by molar-refractivity contribution is -0.147. The van der Waals surface area contributed by atoms with Crippen LogP contribution in [-0.4, -0.2) is 31.1 Å². The molecular weight excluding hydrogens is 466 g/mol. The van der Waals surface area contributed by atoms with E-state index in [9.17, 15) is 14.4 Å². The van der Waals surface area contributed by atoms with Crippen molar-refractivity contribution in [3.63, 3.8) is 0 Å². The van der Waals surface area contributed by atoms with E-state index >= 15 is 0 Å². The summed E-state index contributed by atoms with van der Waals surface area (Å²) in [5, 5.41) is 5.69. The summed E-state index contributed by atoms with van der Waals surface area (Å²) in [5.41, 5.74) is 6.57. The lowest BCUT2D eigenvalue weighted by Crippen LogP contribution is -2.36. The van der Waals surface area contributed by atoms with Crippen LogP contribution in [0.3, 0.4) is 0 Å². The Morgan fingerprint density at radius 2 is 1.84 bits per heavy atom. The molecule has 3 aromatic carbocycles. The second-order valence-corrected chi connectivity index (χ2v) is 9.72. The summed E-state index contributed by atoms with van der Waals surface area (Å²) in [7, 11) is 0. The van der Waals surface area contributed by atoms with Gasteiger partial charge in [0.05, 0.1) is 19.4 Å². The number of carbonyl (C=O) groups excluding carboxylic acids is 3. The van der Waals surface area contributed by atoms with E-state index in [1.54, 1.807) is 0 Å². The number of nitrogens with zero attached hydrogens (tertiary/aromatic N) is 1. The van der Waals surface area contributed by atoms with E-state index in [4.69, 9.17) is 4.74 Å². The lowest BCUT2D eigenvalue weighted by atomic mass is 9.88. The molecule has 37 heavy (non-hydrogen) atoms. The third-order valence-electron chi connectivity index (χ3n) is 7.10. The molecule has 5 rings (SSSR count). The highest BCUT2D eigenvalue weighted by molar-refractivity contribution is 6.00. The number of esters is 1. The molecule has 2 heterocycles. The number of para-hydroxylation sites is 1. The normalized spacial score (nSPS) is 16.9. The van der Waals surface area contributed by atoms with Crippen LogP contribution >= 0.6 is 0 Å². The van der Waals surface area contributed by atoms with Crippen molar-refractivity contribution in [3.05, 3.63) is 89.0 Å². The number of rotatable bonds is 5. The van der Waals surface area contributed by atoms with Crippen LogP contribution in [0.15, 0.2) is 66.7 Å². The fourth-order valence-corrected chi connectivity index (χ4v) is 5.07. The van der Waals surface area contributed by atoms with Gasteiger partial charge in [0.1, 0.15) is 0 Å². The first-order valence-corrected chi connectivity index (χ1v) is 12.8. The number of carbonyl (C=O) groups is 3. The third-order valence-corrected chi connectivity index (χ3v) is 7.10. The minimum atomic E-state index is -0.312. The Morgan fingerprint density at radius 3 is 2.62 bits per heavy atom. The number of fused-ring (bicyclic) bond motifs is 1. The van der Waals surface area contributed by atoms with Gasteiger partial charge in [-0.1, -0.05) is 42.5 Å². The highest BCUT2D eigenvalue weighted by Gasteiger charge is 2.26. The van der Waals surface area contributed by atoms with Gasteiger partial charge in [0.25, 0.3) is 0 Å². The first-order chi connectivity index (χ1) is 18.0.